The number of allylic oxidation sites excluding steroid dienone is 1. The molecule has 0 saturated heterocycles. The van der Waals surface area contributed by atoms with Crippen molar-refractivity contribution >= 4 is 23.8 Å². The topological polar surface area (TPSA) is 55.7 Å². The lowest BCUT2D eigenvalue weighted by atomic mass is 10.0. The van der Waals surface area contributed by atoms with Gasteiger partial charge in [0.1, 0.15) is 0 Å². The van der Waals surface area contributed by atoms with Gasteiger partial charge in [-0.05, 0) is 67.2 Å². The minimum atomic E-state index is -4.48. The zero-order valence-corrected chi connectivity index (χ0v) is 23.1. The van der Waals surface area contributed by atoms with E-state index in [2.05, 4.69) is 33.9 Å². The van der Waals surface area contributed by atoms with Crippen molar-refractivity contribution < 1.29 is 26.6 Å². The molecule has 1 aromatic carbocycles. The van der Waals surface area contributed by atoms with E-state index >= 15 is 0 Å². The summed E-state index contributed by atoms with van der Waals surface area (Å²) in [5, 5.41) is -0.00334. The molecule has 0 heterocycles. The highest BCUT2D eigenvalue weighted by Gasteiger charge is 2.38. The first-order chi connectivity index (χ1) is 15.4. The van der Waals surface area contributed by atoms with E-state index in [1.807, 2.05) is 13.8 Å². The Bertz CT molecular complexity index is 1020. The molecule has 0 saturated carbocycles. The Morgan fingerprint density at radius 3 is 2.15 bits per heavy atom. The van der Waals surface area contributed by atoms with Crippen LogP contribution in [-0.2, 0) is 25.1 Å². The van der Waals surface area contributed by atoms with Crippen LogP contribution < -0.4 is 0 Å². The molecule has 0 unspecified atom stereocenters. The molecule has 1 aliphatic rings. The summed E-state index contributed by atoms with van der Waals surface area (Å²) in [6.07, 6.45) is -1.19. The highest BCUT2D eigenvalue weighted by atomic mass is 32.2. The Morgan fingerprint density at radius 1 is 1.09 bits per heavy atom. The molecule has 0 N–H and O–H groups in total. The lowest BCUT2D eigenvalue weighted by molar-refractivity contribution is -0.137. The summed E-state index contributed by atoms with van der Waals surface area (Å²) in [6.45, 7) is 14.9. The van der Waals surface area contributed by atoms with Crippen LogP contribution in [0.15, 0.2) is 45.2 Å². The van der Waals surface area contributed by atoms with Crippen molar-refractivity contribution in [3.05, 3.63) is 41.5 Å². The number of ketones is 1. The van der Waals surface area contributed by atoms with Crippen molar-refractivity contribution in [2.45, 2.75) is 89.1 Å². The Morgan fingerprint density at radius 2 is 1.68 bits per heavy atom. The van der Waals surface area contributed by atoms with Crippen LogP contribution in [0.5, 0.6) is 0 Å². The minimum absolute atomic E-state index is 0.00334. The first kappa shape index (κ1) is 28.8. The molecule has 0 fully saturated rings. The molecule has 2 rings (SSSR count). The van der Waals surface area contributed by atoms with Gasteiger partial charge in [-0.25, -0.2) is 8.57 Å². The predicted octanol–water partition coefficient (Wildman–Crippen LogP) is 7.26. The Kier molecular flexibility index (Phi) is 9.02. The van der Waals surface area contributed by atoms with Crippen LogP contribution in [0.4, 0.5) is 13.2 Å². The molecule has 0 bridgehead atoms. The monoisotopic (exact) mass is 517 g/mol. The molecule has 2 atom stereocenters. The first-order valence-corrected chi connectivity index (χ1v) is 16.3. The third kappa shape index (κ3) is 7.52. The molecular formula is C25H38F3NO3SSi. The average Bonchev–Trinajstić information content (AvgIpc) is 2.69. The quantitative estimate of drug-likeness (QED) is 0.341. The average molecular weight is 518 g/mol. The van der Waals surface area contributed by atoms with Crippen molar-refractivity contribution in [2.24, 2.45) is 10.3 Å². The Hall–Kier alpha value is -1.45. The second-order valence-corrected chi connectivity index (χ2v) is 18.0. The summed E-state index contributed by atoms with van der Waals surface area (Å²) in [4.78, 5) is 12.2. The lowest BCUT2D eigenvalue weighted by Crippen LogP contribution is -2.43. The maximum atomic E-state index is 14.3. The van der Waals surface area contributed by atoms with E-state index in [0.717, 1.165) is 17.7 Å². The highest BCUT2D eigenvalue weighted by Crippen LogP contribution is 2.37. The molecule has 1 aromatic rings. The second kappa shape index (κ2) is 10.7. The van der Waals surface area contributed by atoms with Crippen molar-refractivity contribution in [1.82, 2.24) is 0 Å². The number of hydrogen-bond donors (Lipinski definition) is 0. The van der Waals surface area contributed by atoms with Crippen molar-refractivity contribution in [2.75, 3.05) is 12.4 Å². The van der Waals surface area contributed by atoms with E-state index in [1.165, 1.54) is 18.2 Å². The van der Waals surface area contributed by atoms with Gasteiger partial charge < -0.3 is 4.43 Å². The molecule has 4 nitrogen and oxygen atoms in total. The fourth-order valence-corrected chi connectivity index (χ4v) is 6.76. The van der Waals surface area contributed by atoms with Gasteiger partial charge in [0.15, 0.2) is 14.1 Å². The SMILES string of the molecule is CC(C)[C@H](CO[Si](C)(C)C(C)(C)C)N=[S@@](=O)(CC1=CC(=O)CCC1)c1ccc(C(F)(F)F)cc1. The smallest absolute Gasteiger partial charge is 0.415 e. The number of alkyl halides is 3. The van der Waals surface area contributed by atoms with Crippen LogP contribution in [0.3, 0.4) is 0 Å². The number of benzene rings is 1. The van der Waals surface area contributed by atoms with Gasteiger partial charge in [0.25, 0.3) is 0 Å². The van der Waals surface area contributed by atoms with Gasteiger partial charge in [-0.1, -0.05) is 40.2 Å². The molecule has 1 aliphatic carbocycles. The summed E-state index contributed by atoms with van der Waals surface area (Å²) < 4.78 is 64.8. The van der Waals surface area contributed by atoms with Crippen LogP contribution >= 0.6 is 0 Å². The zero-order valence-electron chi connectivity index (χ0n) is 21.3. The molecule has 0 spiro atoms. The van der Waals surface area contributed by atoms with Gasteiger partial charge in [-0.15, -0.1) is 0 Å². The normalized spacial score (nSPS) is 18.4. The highest BCUT2D eigenvalue weighted by molar-refractivity contribution is 7.93. The second-order valence-electron chi connectivity index (χ2n) is 10.9. The van der Waals surface area contributed by atoms with Gasteiger partial charge >= 0.3 is 6.18 Å². The van der Waals surface area contributed by atoms with Crippen LogP contribution in [0.1, 0.15) is 59.4 Å². The molecule has 0 aromatic heterocycles. The van der Waals surface area contributed by atoms with Crippen molar-refractivity contribution in [3.63, 3.8) is 0 Å². The van der Waals surface area contributed by atoms with Crippen LogP contribution in [0.2, 0.25) is 18.1 Å². The van der Waals surface area contributed by atoms with Gasteiger partial charge in [0.2, 0.25) is 0 Å². The zero-order chi connectivity index (χ0) is 25.9. The third-order valence-electron chi connectivity index (χ3n) is 6.71. The molecule has 0 aliphatic heterocycles. The summed E-state index contributed by atoms with van der Waals surface area (Å²) in [5.74, 6) is 0.0343. The van der Waals surface area contributed by atoms with Crippen LogP contribution in [-0.4, -0.2) is 36.7 Å². The number of carbonyl (C=O) groups excluding carboxylic acids is 1. The molecule has 0 amide bonds. The fraction of sp³-hybridized carbons (Fsp3) is 0.640. The Labute approximate surface area is 203 Å². The lowest BCUT2D eigenvalue weighted by Gasteiger charge is -2.37. The summed E-state index contributed by atoms with van der Waals surface area (Å²) >= 11 is 0. The standard InChI is InChI=1S/C25H38F3NO3SSi/c1-18(2)23(16-32-34(6,7)24(3,4)5)29-33(31,17-19-9-8-10-21(30)15-19)22-13-11-20(12-14-22)25(26,27)28/h11-15,18,23H,8-10,16-17H2,1-7H3/t23-,33+/m0/s1. The molecule has 0 radical (unpaired) electrons. The van der Waals surface area contributed by atoms with Gasteiger partial charge in [-0.3, -0.25) is 4.79 Å². The maximum absolute atomic E-state index is 14.3. The van der Waals surface area contributed by atoms with Crippen LogP contribution in [0.25, 0.3) is 0 Å². The largest absolute Gasteiger partial charge is 0.416 e. The van der Waals surface area contributed by atoms with E-state index in [1.54, 1.807) is 0 Å². The number of rotatable bonds is 8. The number of halogens is 3. The van der Waals surface area contributed by atoms with Crippen LogP contribution in [0, 0.1) is 5.92 Å². The number of hydrogen-bond acceptors (Lipinski definition) is 4. The van der Waals surface area contributed by atoms with E-state index in [9.17, 15) is 22.2 Å². The number of nitrogens with zero attached hydrogens (tertiary/aromatic N) is 1. The summed E-state index contributed by atoms with van der Waals surface area (Å²) in [6, 6.07) is 4.00. The summed E-state index contributed by atoms with van der Waals surface area (Å²) in [5.41, 5.74) is -0.0653. The first-order valence-electron chi connectivity index (χ1n) is 11.7. The van der Waals surface area contributed by atoms with Gasteiger partial charge in [0.05, 0.1) is 33.7 Å². The van der Waals surface area contributed by atoms with Crippen molar-refractivity contribution in [1.29, 1.82) is 0 Å². The predicted molar refractivity (Wildman–Crippen MR) is 134 cm³/mol. The number of carbonyl (C=O) groups is 1. The fourth-order valence-electron chi connectivity index (χ4n) is 3.34. The van der Waals surface area contributed by atoms with E-state index < -0.39 is 35.8 Å². The van der Waals surface area contributed by atoms with Gasteiger partial charge in [-0.2, -0.15) is 13.2 Å². The maximum Gasteiger partial charge on any atom is 0.416 e. The minimum Gasteiger partial charge on any atom is -0.415 e. The third-order valence-corrected chi connectivity index (χ3v) is 13.6. The van der Waals surface area contributed by atoms with E-state index in [0.29, 0.717) is 25.9 Å². The molecule has 9 heteroatoms. The van der Waals surface area contributed by atoms with Gasteiger partial charge in [0, 0.05) is 11.3 Å². The van der Waals surface area contributed by atoms with E-state index in [4.69, 9.17) is 8.79 Å². The molecule has 192 valence electrons. The molecular weight excluding hydrogens is 479 g/mol. The Balaban J connectivity index is 2.51. The van der Waals surface area contributed by atoms with E-state index in [-0.39, 0.29) is 27.4 Å². The summed E-state index contributed by atoms with van der Waals surface area (Å²) in [7, 11) is -5.21. The molecule has 34 heavy (non-hydrogen) atoms. The van der Waals surface area contributed by atoms with Crippen molar-refractivity contribution in [3.8, 4) is 0 Å².